The Balaban J connectivity index is 2.19. The third-order valence-corrected chi connectivity index (χ3v) is 2.73. The number of ether oxygens (including phenoxy) is 2. The number of morpholine rings is 1. The molecule has 0 aromatic heterocycles. The number of hydrogen-bond acceptors (Lipinski definition) is 5. The summed E-state index contributed by atoms with van der Waals surface area (Å²) >= 11 is 0. The minimum atomic E-state index is -0.166. The van der Waals surface area contributed by atoms with Gasteiger partial charge in [-0.25, -0.2) is 0 Å². The van der Waals surface area contributed by atoms with Crippen LogP contribution in [0, 0.1) is 0 Å². The van der Waals surface area contributed by atoms with Crippen LogP contribution in [0.4, 0.5) is 0 Å². The molecule has 0 amide bonds. The molecule has 5 nitrogen and oxygen atoms in total. The van der Waals surface area contributed by atoms with E-state index in [2.05, 4.69) is 10.2 Å². The van der Waals surface area contributed by atoms with Crippen LogP contribution in [0.5, 0.6) is 0 Å². The van der Waals surface area contributed by atoms with Gasteiger partial charge in [-0.1, -0.05) is 0 Å². The predicted molar refractivity (Wildman–Crippen MR) is 61.4 cm³/mol. The maximum atomic E-state index is 11.5. The zero-order valence-corrected chi connectivity index (χ0v) is 10.4. The fourth-order valence-electron chi connectivity index (χ4n) is 1.32. The van der Waals surface area contributed by atoms with E-state index in [0.29, 0.717) is 26.4 Å². The number of carbonyl (C=O) groups is 1. The van der Waals surface area contributed by atoms with Gasteiger partial charge in [-0.2, -0.15) is 0 Å². The first-order valence-corrected chi connectivity index (χ1v) is 5.68. The van der Waals surface area contributed by atoms with E-state index in [1.54, 1.807) is 0 Å². The minimum absolute atomic E-state index is 0.162. The van der Waals surface area contributed by atoms with Gasteiger partial charge in [-0.15, -0.1) is 0 Å². The Morgan fingerprint density at radius 1 is 1.44 bits per heavy atom. The van der Waals surface area contributed by atoms with E-state index in [0.717, 1.165) is 13.1 Å². The molecule has 0 atom stereocenters. The van der Waals surface area contributed by atoms with Crippen LogP contribution in [-0.4, -0.2) is 62.9 Å². The van der Waals surface area contributed by atoms with Crippen molar-refractivity contribution in [3.05, 3.63) is 0 Å². The zero-order chi connectivity index (χ0) is 12.0. The quantitative estimate of drug-likeness (QED) is 0.666. The highest BCUT2D eigenvalue weighted by Crippen LogP contribution is 2.02. The number of esters is 1. The lowest BCUT2D eigenvalue weighted by atomic mass is 10.1. The summed E-state index contributed by atoms with van der Waals surface area (Å²) in [5, 5.41) is 3.09. The maximum Gasteiger partial charge on any atom is 0.320 e. The van der Waals surface area contributed by atoms with Crippen molar-refractivity contribution in [1.29, 1.82) is 0 Å². The number of nitrogens with one attached hydrogen (secondary N) is 1. The molecular weight excluding hydrogens is 208 g/mol. The molecule has 1 aliphatic rings. The average molecular weight is 230 g/mol. The molecule has 1 aliphatic heterocycles. The standard InChI is InChI=1S/C11H22N2O3/c1-11(2,12-3)9-16-10(14)8-13-4-6-15-7-5-13/h12H,4-9H2,1-3H3. The highest BCUT2D eigenvalue weighted by atomic mass is 16.5. The van der Waals surface area contributed by atoms with Gasteiger partial charge >= 0.3 is 5.97 Å². The van der Waals surface area contributed by atoms with Gasteiger partial charge in [-0.05, 0) is 20.9 Å². The van der Waals surface area contributed by atoms with Gasteiger partial charge in [0.05, 0.1) is 19.8 Å². The lowest BCUT2D eigenvalue weighted by Crippen LogP contribution is -2.44. The van der Waals surface area contributed by atoms with Crippen molar-refractivity contribution < 1.29 is 14.3 Å². The van der Waals surface area contributed by atoms with Crippen molar-refractivity contribution in [3.63, 3.8) is 0 Å². The van der Waals surface area contributed by atoms with Crippen LogP contribution in [0.2, 0.25) is 0 Å². The molecule has 1 heterocycles. The summed E-state index contributed by atoms with van der Waals surface area (Å²) in [6.07, 6.45) is 0. The molecular formula is C11H22N2O3. The second-order valence-electron chi connectivity index (χ2n) is 4.68. The highest BCUT2D eigenvalue weighted by Gasteiger charge is 2.19. The van der Waals surface area contributed by atoms with Crippen molar-refractivity contribution in [2.24, 2.45) is 0 Å². The zero-order valence-electron chi connectivity index (χ0n) is 10.4. The monoisotopic (exact) mass is 230 g/mol. The molecule has 16 heavy (non-hydrogen) atoms. The summed E-state index contributed by atoms with van der Waals surface area (Å²) in [6, 6.07) is 0. The third-order valence-electron chi connectivity index (χ3n) is 2.73. The van der Waals surface area contributed by atoms with Gasteiger partial charge in [0.1, 0.15) is 6.61 Å². The predicted octanol–water partition coefficient (Wildman–Crippen LogP) is -0.140. The molecule has 5 heteroatoms. The van der Waals surface area contributed by atoms with E-state index in [9.17, 15) is 4.79 Å². The summed E-state index contributed by atoms with van der Waals surface area (Å²) in [5.74, 6) is -0.162. The fourth-order valence-corrected chi connectivity index (χ4v) is 1.32. The smallest absolute Gasteiger partial charge is 0.320 e. The van der Waals surface area contributed by atoms with Crippen molar-refractivity contribution in [1.82, 2.24) is 10.2 Å². The van der Waals surface area contributed by atoms with E-state index >= 15 is 0 Å². The molecule has 0 saturated carbocycles. The van der Waals surface area contributed by atoms with E-state index in [1.165, 1.54) is 0 Å². The molecule has 1 saturated heterocycles. The Bertz CT molecular complexity index is 225. The number of hydrogen-bond donors (Lipinski definition) is 1. The summed E-state index contributed by atoms with van der Waals surface area (Å²) in [5.41, 5.74) is -0.166. The Hall–Kier alpha value is -0.650. The molecule has 1 fully saturated rings. The number of nitrogens with zero attached hydrogens (tertiary/aromatic N) is 1. The fraction of sp³-hybridized carbons (Fsp3) is 0.909. The van der Waals surface area contributed by atoms with E-state index in [1.807, 2.05) is 20.9 Å². The number of likely N-dealkylation sites (N-methyl/N-ethyl adjacent to an activating group) is 1. The normalized spacial score (nSPS) is 18.4. The largest absolute Gasteiger partial charge is 0.463 e. The first kappa shape index (κ1) is 13.4. The van der Waals surface area contributed by atoms with Crippen molar-refractivity contribution in [3.8, 4) is 0 Å². The highest BCUT2D eigenvalue weighted by molar-refractivity contribution is 5.71. The molecule has 0 aliphatic carbocycles. The van der Waals surface area contributed by atoms with Crippen LogP contribution < -0.4 is 5.32 Å². The first-order valence-electron chi connectivity index (χ1n) is 5.68. The van der Waals surface area contributed by atoms with Gasteiger partial charge in [0.15, 0.2) is 0 Å². The maximum absolute atomic E-state index is 11.5. The van der Waals surface area contributed by atoms with Crippen molar-refractivity contribution in [2.75, 3.05) is 46.5 Å². The molecule has 0 aromatic carbocycles. The Morgan fingerprint density at radius 3 is 2.62 bits per heavy atom. The van der Waals surface area contributed by atoms with E-state index in [-0.39, 0.29) is 11.5 Å². The van der Waals surface area contributed by atoms with Crippen LogP contribution in [0.25, 0.3) is 0 Å². The summed E-state index contributed by atoms with van der Waals surface area (Å²) in [4.78, 5) is 13.6. The Kier molecular flexibility index (Phi) is 5.18. The molecule has 1 rings (SSSR count). The first-order chi connectivity index (χ1) is 7.53. The Morgan fingerprint density at radius 2 is 2.06 bits per heavy atom. The third kappa shape index (κ3) is 4.92. The lowest BCUT2D eigenvalue weighted by molar-refractivity contribution is -0.147. The lowest BCUT2D eigenvalue weighted by Gasteiger charge is -2.27. The van der Waals surface area contributed by atoms with Crippen LogP contribution >= 0.6 is 0 Å². The van der Waals surface area contributed by atoms with E-state index in [4.69, 9.17) is 9.47 Å². The van der Waals surface area contributed by atoms with Gasteiger partial charge in [-0.3, -0.25) is 9.69 Å². The molecule has 1 N–H and O–H groups in total. The van der Waals surface area contributed by atoms with E-state index < -0.39 is 0 Å². The van der Waals surface area contributed by atoms with Gasteiger partial charge in [0.25, 0.3) is 0 Å². The average Bonchev–Trinajstić information content (AvgIpc) is 2.28. The topological polar surface area (TPSA) is 50.8 Å². The SMILES string of the molecule is CNC(C)(C)COC(=O)CN1CCOCC1. The molecule has 0 unspecified atom stereocenters. The van der Waals surface area contributed by atoms with Gasteiger partial charge in [0.2, 0.25) is 0 Å². The van der Waals surface area contributed by atoms with Crippen LogP contribution in [-0.2, 0) is 14.3 Å². The van der Waals surface area contributed by atoms with Crippen LogP contribution in [0.1, 0.15) is 13.8 Å². The van der Waals surface area contributed by atoms with Crippen LogP contribution in [0.15, 0.2) is 0 Å². The van der Waals surface area contributed by atoms with Crippen molar-refractivity contribution in [2.45, 2.75) is 19.4 Å². The minimum Gasteiger partial charge on any atom is -0.463 e. The molecule has 0 bridgehead atoms. The molecule has 94 valence electrons. The summed E-state index contributed by atoms with van der Waals surface area (Å²) in [7, 11) is 1.86. The van der Waals surface area contributed by atoms with Gasteiger partial charge < -0.3 is 14.8 Å². The number of rotatable bonds is 5. The van der Waals surface area contributed by atoms with Crippen LogP contribution in [0.3, 0.4) is 0 Å². The van der Waals surface area contributed by atoms with Crippen molar-refractivity contribution >= 4 is 5.97 Å². The molecule has 0 spiro atoms. The van der Waals surface area contributed by atoms with Gasteiger partial charge in [0, 0.05) is 18.6 Å². The molecule has 0 radical (unpaired) electrons. The summed E-state index contributed by atoms with van der Waals surface area (Å²) in [6.45, 7) is 7.78. The second kappa shape index (κ2) is 6.18. The summed E-state index contributed by atoms with van der Waals surface area (Å²) < 4.78 is 10.4. The Labute approximate surface area is 97.1 Å². The number of carbonyl (C=O) groups excluding carboxylic acids is 1. The molecule has 0 aromatic rings. The second-order valence-corrected chi connectivity index (χ2v) is 4.68.